The molecule has 110 valence electrons. The smallest absolute Gasteiger partial charge is 0.128 e. The van der Waals surface area contributed by atoms with Crippen LogP contribution < -0.4 is 10.5 Å². The highest BCUT2D eigenvalue weighted by atomic mass is 19.1. The normalized spacial score (nSPS) is 16.1. The Hall–Kier alpha value is -1.87. The Kier molecular flexibility index (Phi) is 3.68. The summed E-state index contributed by atoms with van der Waals surface area (Å²) in [6.07, 6.45) is 2.50. The minimum Gasteiger partial charge on any atom is -0.493 e. The van der Waals surface area contributed by atoms with Gasteiger partial charge in [-0.2, -0.15) is 0 Å². The van der Waals surface area contributed by atoms with E-state index in [1.165, 1.54) is 17.2 Å². The summed E-state index contributed by atoms with van der Waals surface area (Å²) in [6.45, 7) is 2.66. The second-order valence-electron chi connectivity index (χ2n) is 5.94. The summed E-state index contributed by atoms with van der Waals surface area (Å²) in [6, 6.07) is 13.0. The molecule has 2 aromatic rings. The van der Waals surface area contributed by atoms with Gasteiger partial charge < -0.3 is 10.5 Å². The number of rotatable bonds is 4. The molecule has 1 aliphatic heterocycles. The lowest BCUT2D eigenvalue weighted by atomic mass is 9.86. The highest BCUT2D eigenvalue weighted by molar-refractivity contribution is 5.40. The zero-order valence-corrected chi connectivity index (χ0v) is 12.2. The number of ether oxygens (including phenoxy) is 1. The predicted molar refractivity (Wildman–Crippen MR) is 81.9 cm³/mol. The van der Waals surface area contributed by atoms with Crippen LogP contribution in [0.2, 0.25) is 0 Å². The molecule has 0 aromatic heterocycles. The fourth-order valence-corrected chi connectivity index (χ4v) is 2.86. The lowest BCUT2D eigenvalue weighted by Gasteiger charge is -2.26. The number of nitrogens with two attached hydrogens (primary N) is 1. The second kappa shape index (κ2) is 5.49. The Morgan fingerprint density at radius 1 is 1.24 bits per heavy atom. The van der Waals surface area contributed by atoms with Crippen molar-refractivity contribution in [2.45, 2.75) is 31.7 Å². The Bertz CT molecular complexity index is 651. The summed E-state index contributed by atoms with van der Waals surface area (Å²) >= 11 is 0. The van der Waals surface area contributed by atoms with E-state index in [-0.39, 0.29) is 5.82 Å². The van der Waals surface area contributed by atoms with E-state index in [0.29, 0.717) is 12.0 Å². The van der Waals surface area contributed by atoms with Crippen LogP contribution in [-0.2, 0) is 18.4 Å². The van der Waals surface area contributed by atoms with Gasteiger partial charge in [-0.25, -0.2) is 4.39 Å². The van der Waals surface area contributed by atoms with Crippen molar-refractivity contribution >= 4 is 0 Å². The van der Waals surface area contributed by atoms with Gasteiger partial charge in [-0.05, 0) is 43.0 Å². The van der Waals surface area contributed by atoms with Gasteiger partial charge in [0.1, 0.15) is 11.6 Å². The molecule has 0 aliphatic carbocycles. The summed E-state index contributed by atoms with van der Waals surface area (Å²) in [5, 5.41) is 0. The summed E-state index contributed by atoms with van der Waals surface area (Å²) in [4.78, 5) is 0. The standard InChI is InChI=1S/C18H20FNO/c1-18(20,15-4-2-3-5-16(15)19)10-8-13-6-7-17-14(12-13)9-11-21-17/h2-7,12H,8-11,20H2,1H3. The Labute approximate surface area is 124 Å². The zero-order valence-electron chi connectivity index (χ0n) is 12.2. The highest BCUT2D eigenvalue weighted by Crippen LogP contribution is 2.29. The van der Waals surface area contributed by atoms with Crippen LogP contribution in [0.25, 0.3) is 0 Å². The predicted octanol–water partition coefficient (Wildman–Crippen LogP) is 3.57. The molecule has 2 aromatic carbocycles. The summed E-state index contributed by atoms with van der Waals surface area (Å²) < 4.78 is 19.4. The van der Waals surface area contributed by atoms with Gasteiger partial charge in [0.15, 0.2) is 0 Å². The van der Waals surface area contributed by atoms with Crippen LogP contribution in [0.5, 0.6) is 5.75 Å². The van der Waals surface area contributed by atoms with Gasteiger partial charge in [0, 0.05) is 17.5 Å². The van der Waals surface area contributed by atoms with Crippen LogP contribution in [0.3, 0.4) is 0 Å². The van der Waals surface area contributed by atoms with Crippen molar-refractivity contribution in [3.63, 3.8) is 0 Å². The number of fused-ring (bicyclic) bond motifs is 1. The number of benzene rings is 2. The minimum atomic E-state index is -0.666. The monoisotopic (exact) mass is 285 g/mol. The zero-order chi connectivity index (χ0) is 14.9. The molecule has 1 atom stereocenters. The molecule has 0 saturated heterocycles. The maximum absolute atomic E-state index is 13.9. The number of aryl methyl sites for hydroxylation is 1. The third-order valence-corrected chi connectivity index (χ3v) is 4.18. The molecule has 3 heteroatoms. The Morgan fingerprint density at radius 3 is 2.86 bits per heavy atom. The van der Waals surface area contributed by atoms with Gasteiger partial charge in [0.05, 0.1) is 6.61 Å². The average Bonchev–Trinajstić information content (AvgIpc) is 2.93. The van der Waals surface area contributed by atoms with Gasteiger partial charge in [-0.15, -0.1) is 0 Å². The lowest BCUT2D eigenvalue weighted by molar-refractivity contribution is 0.357. The van der Waals surface area contributed by atoms with Crippen molar-refractivity contribution in [2.24, 2.45) is 5.73 Å². The van der Waals surface area contributed by atoms with Gasteiger partial charge in [0.2, 0.25) is 0 Å². The highest BCUT2D eigenvalue weighted by Gasteiger charge is 2.24. The molecule has 3 rings (SSSR count). The van der Waals surface area contributed by atoms with Crippen molar-refractivity contribution in [2.75, 3.05) is 6.61 Å². The van der Waals surface area contributed by atoms with E-state index in [4.69, 9.17) is 10.5 Å². The first-order valence-electron chi connectivity index (χ1n) is 7.35. The van der Waals surface area contributed by atoms with Gasteiger partial charge in [0.25, 0.3) is 0 Å². The SMILES string of the molecule is CC(N)(CCc1ccc2c(c1)CCO2)c1ccccc1F. The van der Waals surface area contributed by atoms with Crippen LogP contribution in [0, 0.1) is 5.82 Å². The molecule has 0 saturated carbocycles. The number of hydrogen-bond donors (Lipinski definition) is 1. The first-order chi connectivity index (χ1) is 10.1. The van der Waals surface area contributed by atoms with Crippen LogP contribution in [0.15, 0.2) is 42.5 Å². The molecule has 2 N–H and O–H groups in total. The molecular formula is C18H20FNO. The maximum atomic E-state index is 13.9. The Balaban J connectivity index is 1.73. The van der Waals surface area contributed by atoms with Crippen molar-refractivity contribution in [3.05, 3.63) is 65.0 Å². The maximum Gasteiger partial charge on any atom is 0.128 e. The molecule has 1 unspecified atom stereocenters. The van der Waals surface area contributed by atoms with Crippen molar-refractivity contribution in [1.82, 2.24) is 0 Å². The third-order valence-electron chi connectivity index (χ3n) is 4.18. The van der Waals surface area contributed by atoms with E-state index in [0.717, 1.165) is 25.2 Å². The van der Waals surface area contributed by atoms with E-state index in [9.17, 15) is 4.39 Å². The molecule has 1 aliphatic rings. The number of hydrogen-bond acceptors (Lipinski definition) is 2. The molecular weight excluding hydrogens is 265 g/mol. The first-order valence-corrected chi connectivity index (χ1v) is 7.35. The molecule has 2 nitrogen and oxygen atoms in total. The summed E-state index contributed by atoms with van der Waals surface area (Å²) in [5.41, 5.74) is 8.74. The van der Waals surface area contributed by atoms with Gasteiger partial charge in [-0.1, -0.05) is 30.3 Å². The van der Waals surface area contributed by atoms with E-state index in [2.05, 4.69) is 12.1 Å². The fraction of sp³-hybridized carbons (Fsp3) is 0.333. The van der Waals surface area contributed by atoms with E-state index in [1.807, 2.05) is 19.1 Å². The van der Waals surface area contributed by atoms with Crippen molar-refractivity contribution in [1.29, 1.82) is 0 Å². The summed E-state index contributed by atoms with van der Waals surface area (Å²) in [7, 11) is 0. The molecule has 0 radical (unpaired) electrons. The lowest BCUT2D eigenvalue weighted by Crippen LogP contribution is -2.34. The molecule has 0 fully saturated rings. The molecule has 1 heterocycles. The van der Waals surface area contributed by atoms with E-state index < -0.39 is 5.54 Å². The van der Waals surface area contributed by atoms with Crippen LogP contribution in [0.4, 0.5) is 4.39 Å². The van der Waals surface area contributed by atoms with Crippen LogP contribution in [0.1, 0.15) is 30.0 Å². The molecule has 0 spiro atoms. The topological polar surface area (TPSA) is 35.2 Å². The van der Waals surface area contributed by atoms with Crippen molar-refractivity contribution in [3.8, 4) is 5.75 Å². The molecule has 21 heavy (non-hydrogen) atoms. The van der Waals surface area contributed by atoms with Gasteiger partial charge in [-0.3, -0.25) is 0 Å². The first kappa shape index (κ1) is 14.1. The Morgan fingerprint density at radius 2 is 2.05 bits per heavy atom. The minimum absolute atomic E-state index is 0.232. The van der Waals surface area contributed by atoms with Crippen LogP contribution >= 0.6 is 0 Å². The quantitative estimate of drug-likeness (QED) is 0.932. The van der Waals surface area contributed by atoms with Crippen molar-refractivity contribution < 1.29 is 9.13 Å². The second-order valence-corrected chi connectivity index (χ2v) is 5.94. The molecule has 0 bridgehead atoms. The molecule has 0 amide bonds. The van der Waals surface area contributed by atoms with E-state index >= 15 is 0 Å². The fourth-order valence-electron chi connectivity index (χ4n) is 2.86. The average molecular weight is 285 g/mol. The van der Waals surface area contributed by atoms with Gasteiger partial charge >= 0.3 is 0 Å². The summed E-state index contributed by atoms with van der Waals surface area (Å²) in [5.74, 6) is 0.758. The largest absolute Gasteiger partial charge is 0.493 e. The third kappa shape index (κ3) is 2.93. The van der Waals surface area contributed by atoms with E-state index in [1.54, 1.807) is 12.1 Å². The number of halogens is 1. The van der Waals surface area contributed by atoms with Crippen LogP contribution in [-0.4, -0.2) is 6.61 Å².